The van der Waals surface area contributed by atoms with Crippen LogP contribution < -0.4 is 5.32 Å². The molecule has 0 aromatic carbocycles. The van der Waals surface area contributed by atoms with Crippen molar-refractivity contribution in [3.05, 3.63) is 30.1 Å². The number of amides is 1. The van der Waals surface area contributed by atoms with E-state index in [1.54, 1.807) is 24.4 Å². The first-order valence-corrected chi connectivity index (χ1v) is 5.28. The summed E-state index contributed by atoms with van der Waals surface area (Å²) in [6.07, 6.45) is -2.87. The minimum Gasteiger partial charge on any atom is -0.372 e. The second-order valence-electron chi connectivity index (χ2n) is 3.52. The summed E-state index contributed by atoms with van der Waals surface area (Å²) in [5.74, 6) is -0.372. The van der Waals surface area contributed by atoms with Gasteiger partial charge in [-0.15, -0.1) is 0 Å². The topological polar surface area (TPSA) is 51.2 Å². The van der Waals surface area contributed by atoms with Crippen LogP contribution in [0, 0.1) is 0 Å². The van der Waals surface area contributed by atoms with Crippen LogP contribution in [0.4, 0.5) is 13.2 Å². The van der Waals surface area contributed by atoms with Gasteiger partial charge in [0.25, 0.3) is 0 Å². The van der Waals surface area contributed by atoms with Crippen LogP contribution >= 0.6 is 0 Å². The van der Waals surface area contributed by atoms with E-state index in [9.17, 15) is 18.0 Å². The van der Waals surface area contributed by atoms with E-state index in [0.717, 1.165) is 0 Å². The van der Waals surface area contributed by atoms with Crippen LogP contribution in [-0.4, -0.2) is 30.3 Å². The molecule has 0 unspecified atom stereocenters. The Morgan fingerprint density at radius 3 is 2.78 bits per heavy atom. The van der Waals surface area contributed by atoms with E-state index in [1.165, 1.54) is 0 Å². The molecule has 0 aliphatic heterocycles. The van der Waals surface area contributed by atoms with Gasteiger partial charge in [-0.3, -0.25) is 9.78 Å². The minimum absolute atomic E-state index is 0.108. The van der Waals surface area contributed by atoms with Gasteiger partial charge in [-0.2, -0.15) is 13.2 Å². The van der Waals surface area contributed by atoms with Gasteiger partial charge in [0.15, 0.2) is 0 Å². The number of halogens is 3. The van der Waals surface area contributed by atoms with Crippen molar-refractivity contribution < 1.29 is 22.7 Å². The third-order valence-corrected chi connectivity index (χ3v) is 1.93. The fourth-order valence-corrected chi connectivity index (χ4v) is 1.13. The molecular weight excluding hydrogens is 249 g/mol. The number of ether oxygens (including phenoxy) is 1. The molecule has 4 nitrogen and oxygen atoms in total. The van der Waals surface area contributed by atoms with Gasteiger partial charge >= 0.3 is 6.18 Å². The lowest BCUT2D eigenvalue weighted by atomic mass is 10.3. The molecule has 0 bridgehead atoms. The summed E-state index contributed by atoms with van der Waals surface area (Å²) < 4.78 is 39.5. The number of carbonyl (C=O) groups is 1. The summed E-state index contributed by atoms with van der Waals surface area (Å²) in [6.45, 7) is -1.34. The van der Waals surface area contributed by atoms with Gasteiger partial charge in [-0.05, 0) is 12.1 Å². The number of carbonyl (C=O) groups excluding carboxylic acids is 1. The van der Waals surface area contributed by atoms with E-state index in [0.29, 0.717) is 5.69 Å². The Kier molecular flexibility index (Phi) is 5.57. The largest absolute Gasteiger partial charge is 0.411 e. The molecule has 18 heavy (non-hydrogen) atoms. The molecule has 0 fully saturated rings. The molecule has 0 spiro atoms. The van der Waals surface area contributed by atoms with Crippen molar-refractivity contribution in [2.45, 2.75) is 19.1 Å². The number of hydrogen-bond acceptors (Lipinski definition) is 3. The SMILES string of the molecule is O=C(CCOCC(F)(F)F)NCc1ccccn1. The number of pyridine rings is 1. The lowest BCUT2D eigenvalue weighted by Crippen LogP contribution is -2.25. The average molecular weight is 262 g/mol. The second-order valence-corrected chi connectivity index (χ2v) is 3.52. The second kappa shape index (κ2) is 6.95. The van der Waals surface area contributed by atoms with Crippen LogP contribution in [0.25, 0.3) is 0 Å². The van der Waals surface area contributed by atoms with E-state index < -0.39 is 12.8 Å². The van der Waals surface area contributed by atoms with Crippen molar-refractivity contribution in [2.75, 3.05) is 13.2 Å². The van der Waals surface area contributed by atoms with Crippen molar-refractivity contribution in [3.8, 4) is 0 Å². The van der Waals surface area contributed by atoms with Crippen molar-refractivity contribution >= 4 is 5.91 Å². The predicted octanol–water partition coefficient (Wildman–Crippen LogP) is 1.67. The van der Waals surface area contributed by atoms with Gasteiger partial charge in [-0.25, -0.2) is 0 Å². The number of nitrogens with zero attached hydrogens (tertiary/aromatic N) is 1. The molecule has 7 heteroatoms. The maximum atomic E-state index is 11.7. The fraction of sp³-hybridized carbons (Fsp3) is 0.455. The summed E-state index contributed by atoms with van der Waals surface area (Å²) in [5.41, 5.74) is 0.682. The standard InChI is InChI=1S/C11H13F3N2O2/c12-11(13,14)8-18-6-4-10(17)16-7-9-3-1-2-5-15-9/h1-3,5H,4,6-8H2,(H,16,17). The summed E-state index contributed by atoms with van der Waals surface area (Å²) in [5, 5.41) is 2.53. The minimum atomic E-state index is -4.36. The van der Waals surface area contributed by atoms with Gasteiger partial charge in [-0.1, -0.05) is 6.07 Å². The first-order valence-electron chi connectivity index (χ1n) is 5.28. The van der Waals surface area contributed by atoms with Crippen LogP contribution in [-0.2, 0) is 16.1 Å². The summed E-state index contributed by atoms with van der Waals surface area (Å²) in [7, 11) is 0. The van der Waals surface area contributed by atoms with E-state index in [2.05, 4.69) is 15.0 Å². The molecular formula is C11H13F3N2O2. The predicted molar refractivity (Wildman–Crippen MR) is 57.6 cm³/mol. The Bertz CT molecular complexity index is 368. The van der Waals surface area contributed by atoms with Crippen LogP contribution in [0.2, 0.25) is 0 Å². The highest BCUT2D eigenvalue weighted by molar-refractivity contribution is 5.75. The molecule has 1 aromatic rings. The Morgan fingerprint density at radius 1 is 1.39 bits per heavy atom. The smallest absolute Gasteiger partial charge is 0.372 e. The molecule has 100 valence electrons. The van der Waals surface area contributed by atoms with Crippen molar-refractivity contribution in [1.82, 2.24) is 10.3 Å². The first kappa shape index (κ1) is 14.4. The molecule has 0 atom stereocenters. The highest BCUT2D eigenvalue weighted by Gasteiger charge is 2.27. The maximum absolute atomic E-state index is 11.7. The Labute approximate surface area is 102 Å². The zero-order valence-electron chi connectivity index (χ0n) is 9.54. The molecule has 1 N–H and O–H groups in total. The Balaban J connectivity index is 2.11. The summed E-state index contributed by atoms with van der Waals surface area (Å²) in [4.78, 5) is 15.2. The van der Waals surface area contributed by atoms with E-state index in [-0.39, 0.29) is 25.5 Å². The van der Waals surface area contributed by atoms with Crippen LogP contribution in [0.1, 0.15) is 12.1 Å². The Hall–Kier alpha value is -1.63. The van der Waals surface area contributed by atoms with Crippen molar-refractivity contribution in [1.29, 1.82) is 0 Å². The highest BCUT2D eigenvalue weighted by atomic mass is 19.4. The van der Waals surface area contributed by atoms with Crippen molar-refractivity contribution in [2.24, 2.45) is 0 Å². The maximum Gasteiger partial charge on any atom is 0.411 e. The molecule has 1 aromatic heterocycles. The van der Waals surface area contributed by atoms with Gasteiger partial charge in [0.05, 0.1) is 18.8 Å². The van der Waals surface area contributed by atoms with Gasteiger partial charge < -0.3 is 10.1 Å². The fourth-order valence-electron chi connectivity index (χ4n) is 1.13. The Morgan fingerprint density at radius 2 is 2.17 bits per heavy atom. The molecule has 0 saturated carbocycles. The third kappa shape index (κ3) is 6.85. The quantitative estimate of drug-likeness (QED) is 0.793. The van der Waals surface area contributed by atoms with E-state index >= 15 is 0 Å². The molecule has 1 rings (SSSR count). The van der Waals surface area contributed by atoms with Gasteiger partial charge in [0, 0.05) is 12.6 Å². The zero-order valence-corrected chi connectivity index (χ0v) is 9.54. The lowest BCUT2D eigenvalue weighted by Gasteiger charge is -2.07. The zero-order chi connectivity index (χ0) is 13.4. The number of hydrogen-bond donors (Lipinski definition) is 1. The monoisotopic (exact) mass is 262 g/mol. The highest BCUT2D eigenvalue weighted by Crippen LogP contribution is 2.14. The van der Waals surface area contributed by atoms with Crippen LogP contribution in [0.15, 0.2) is 24.4 Å². The van der Waals surface area contributed by atoms with Crippen LogP contribution in [0.3, 0.4) is 0 Å². The number of nitrogens with one attached hydrogen (secondary N) is 1. The summed E-state index contributed by atoms with van der Waals surface area (Å²) >= 11 is 0. The van der Waals surface area contributed by atoms with Crippen LogP contribution in [0.5, 0.6) is 0 Å². The molecule has 0 radical (unpaired) electrons. The van der Waals surface area contributed by atoms with Gasteiger partial charge in [0.1, 0.15) is 6.61 Å². The molecule has 0 aliphatic carbocycles. The first-order chi connectivity index (χ1) is 8.47. The average Bonchev–Trinajstić information content (AvgIpc) is 2.32. The van der Waals surface area contributed by atoms with Gasteiger partial charge in [0.2, 0.25) is 5.91 Å². The third-order valence-electron chi connectivity index (χ3n) is 1.93. The lowest BCUT2D eigenvalue weighted by molar-refractivity contribution is -0.174. The number of aromatic nitrogens is 1. The van der Waals surface area contributed by atoms with E-state index in [1.807, 2.05) is 0 Å². The normalized spacial score (nSPS) is 11.3. The number of rotatable bonds is 6. The molecule has 1 amide bonds. The van der Waals surface area contributed by atoms with E-state index in [4.69, 9.17) is 0 Å². The van der Waals surface area contributed by atoms with Crippen molar-refractivity contribution in [3.63, 3.8) is 0 Å². The molecule has 0 aliphatic rings. The number of alkyl halides is 3. The molecule has 1 heterocycles. The summed E-state index contributed by atoms with van der Waals surface area (Å²) in [6, 6.07) is 5.26. The molecule has 0 saturated heterocycles.